The molecule has 0 spiro atoms. The molecule has 0 saturated heterocycles. The summed E-state index contributed by atoms with van der Waals surface area (Å²) in [5.74, 6) is -0.976. The summed E-state index contributed by atoms with van der Waals surface area (Å²) in [6, 6.07) is 0. The second-order valence-electron chi connectivity index (χ2n) is 21.3. The molecule has 1 unspecified atom stereocenters. The van der Waals surface area contributed by atoms with Gasteiger partial charge in [-0.25, -0.2) is 0 Å². The Labute approximate surface area is 465 Å². The summed E-state index contributed by atoms with van der Waals surface area (Å²) < 4.78 is 16.9. The summed E-state index contributed by atoms with van der Waals surface area (Å²) in [7, 11) is 0. The van der Waals surface area contributed by atoms with Crippen LogP contribution in [0.4, 0.5) is 0 Å². The van der Waals surface area contributed by atoms with Crippen LogP contribution in [0.15, 0.2) is 85.1 Å². The Morgan fingerprint density at radius 3 is 0.867 bits per heavy atom. The minimum atomic E-state index is -0.817. The van der Waals surface area contributed by atoms with Crippen LogP contribution < -0.4 is 0 Å². The van der Waals surface area contributed by atoms with Crippen LogP contribution in [-0.2, 0) is 28.6 Å². The maximum absolute atomic E-state index is 12.9. The molecule has 0 N–H and O–H groups in total. The third kappa shape index (κ3) is 61.3. The first-order valence-electron chi connectivity index (χ1n) is 32.1. The van der Waals surface area contributed by atoms with Gasteiger partial charge in [0.05, 0.1) is 0 Å². The zero-order chi connectivity index (χ0) is 54.3. The molecule has 432 valence electrons. The highest BCUT2D eigenvalue weighted by Gasteiger charge is 2.19. The third-order valence-electron chi connectivity index (χ3n) is 13.9. The monoisotopic (exact) mass is 1040 g/mol. The first kappa shape index (κ1) is 71.6. The highest BCUT2D eigenvalue weighted by Crippen LogP contribution is 2.17. The molecule has 0 bridgehead atoms. The Kier molecular flexibility index (Phi) is 60.3. The Bertz CT molecular complexity index is 1430. The molecular weight excluding hydrogens is 925 g/mol. The van der Waals surface area contributed by atoms with Gasteiger partial charge in [-0.3, -0.25) is 14.4 Å². The van der Waals surface area contributed by atoms with Gasteiger partial charge in [-0.2, -0.15) is 0 Å². The van der Waals surface area contributed by atoms with E-state index in [2.05, 4.69) is 99.8 Å². The molecule has 0 aliphatic rings. The van der Waals surface area contributed by atoms with Crippen LogP contribution in [0.5, 0.6) is 0 Å². The summed E-state index contributed by atoms with van der Waals surface area (Å²) in [5, 5.41) is 0. The Morgan fingerprint density at radius 2 is 0.547 bits per heavy atom. The van der Waals surface area contributed by atoms with Crippen LogP contribution in [0.3, 0.4) is 0 Å². The molecule has 0 radical (unpaired) electrons. The summed E-state index contributed by atoms with van der Waals surface area (Å²) in [6.07, 6.45) is 83.2. The topological polar surface area (TPSA) is 78.9 Å². The largest absolute Gasteiger partial charge is 0.462 e. The van der Waals surface area contributed by atoms with E-state index in [-0.39, 0.29) is 37.5 Å². The lowest BCUT2D eigenvalue weighted by molar-refractivity contribution is -0.166. The number of hydrogen-bond donors (Lipinski definition) is 0. The summed E-state index contributed by atoms with van der Waals surface area (Å²) in [6.45, 7) is 6.50. The van der Waals surface area contributed by atoms with E-state index < -0.39 is 6.10 Å². The van der Waals surface area contributed by atoms with E-state index >= 15 is 0 Å². The molecule has 75 heavy (non-hydrogen) atoms. The van der Waals surface area contributed by atoms with Gasteiger partial charge >= 0.3 is 17.9 Å². The molecule has 6 heteroatoms. The second-order valence-corrected chi connectivity index (χ2v) is 21.3. The minimum absolute atomic E-state index is 0.104. The van der Waals surface area contributed by atoms with E-state index in [4.69, 9.17) is 14.2 Å². The first-order chi connectivity index (χ1) is 37.0. The van der Waals surface area contributed by atoms with E-state index in [1.54, 1.807) is 0 Å². The molecule has 0 saturated carbocycles. The number of hydrogen-bond acceptors (Lipinski definition) is 6. The number of unbranched alkanes of at least 4 members (excludes halogenated alkanes) is 33. The van der Waals surface area contributed by atoms with Crippen molar-refractivity contribution in [2.24, 2.45) is 0 Å². The van der Waals surface area contributed by atoms with Gasteiger partial charge in [0.2, 0.25) is 0 Å². The maximum Gasteiger partial charge on any atom is 0.306 e. The molecule has 1 atom stereocenters. The van der Waals surface area contributed by atoms with Gasteiger partial charge in [0.25, 0.3) is 0 Å². The van der Waals surface area contributed by atoms with E-state index in [1.165, 1.54) is 193 Å². The van der Waals surface area contributed by atoms with Crippen molar-refractivity contribution in [3.8, 4) is 0 Å². The third-order valence-corrected chi connectivity index (χ3v) is 13.9. The number of esters is 3. The quantitative estimate of drug-likeness (QED) is 0.0261. The van der Waals surface area contributed by atoms with Crippen LogP contribution in [0, 0.1) is 0 Å². The van der Waals surface area contributed by atoms with Gasteiger partial charge in [-0.1, -0.05) is 298 Å². The second kappa shape index (κ2) is 63.1. The molecule has 0 amide bonds. The fourth-order valence-electron chi connectivity index (χ4n) is 9.11. The summed E-state index contributed by atoms with van der Waals surface area (Å²) >= 11 is 0. The predicted molar refractivity (Wildman–Crippen MR) is 325 cm³/mol. The maximum atomic E-state index is 12.9. The molecule has 0 aromatic rings. The van der Waals surface area contributed by atoms with E-state index in [0.29, 0.717) is 19.3 Å². The van der Waals surface area contributed by atoms with Gasteiger partial charge in [-0.15, -0.1) is 0 Å². The predicted octanol–water partition coefficient (Wildman–Crippen LogP) is 21.9. The standard InChI is InChI=1S/C69H120O6/c1-4-7-10-13-16-19-22-25-28-30-32-33-34-35-37-38-41-44-47-50-53-56-59-62-68(71)74-65-66(64-73-67(70)61-58-55-52-49-46-43-40-27-24-21-18-15-12-9-6-3)75-69(72)63-60-57-54-51-48-45-42-39-36-31-29-26-23-20-17-14-11-8-5-2/h8,11,17,20,26,29-30,32,36,39,45,48,54,57,66H,4-7,9-10,12-16,18-19,21-25,27-28,31,33-35,37-38,40-44,46-47,49-53,55-56,58-65H2,1-3H3/b11-8-,20-17-,29-26-,32-30-,39-36-,48-45-,57-54-. The van der Waals surface area contributed by atoms with Crippen molar-refractivity contribution >= 4 is 17.9 Å². The van der Waals surface area contributed by atoms with Crippen molar-refractivity contribution in [3.63, 3.8) is 0 Å². The molecule has 0 aromatic carbocycles. The zero-order valence-corrected chi connectivity index (χ0v) is 49.6. The fraction of sp³-hybridized carbons (Fsp3) is 0.754. The molecule has 0 aromatic heterocycles. The highest BCUT2D eigenvalue weighted by molar-refractivity contribution is 5.71. The molecule has 0 aliphatic heterocycles. The number of allylic oxidation sites excluding steroid dienone is 14. The van der Waals surface area contributed by atoms with Crippen molar-refractivity contribution < 1.29 is 28.6 Å². The first-order valence-corrected chi connectivity index (χ1v) is 32.1. The van der Waals surface area contributed by atoms with Gasteiger partial charge in [0.15, 0.2) is 6.10 Å². The van der Waals surface area contributed by atoms with Gasteiger partial charge in [0, 0.05) is 19.3 Å². The lowest BCUT2D eigenvalue weighted by atomic mass is 10.0. The lowest BCUT2D eigenvalue weighted by Crippen LogP contribution is -2.30. The van der Waals surface area contributed by atoms with Crippen molar-refractivity contribution in [1.29, 1.82) is 0 Å². The highest BCUT2D eigenvalue weighted by atomic mass is 16.6. The number of carbonyl (C=O) groups excluding carboxylic acids is 3. The van der Waals surface area contributed by atoms with E-state index in [1.807, 2.05) is 6.08 Å². The molecule has 0 heterocycles. The van der Waals surface area contributed by atoms with Crippen molar-refractivity contribution in [1.82, 2.24) is 0 Å². The van der Waals surface area contributed by atoms with Crippen LogP contribution in [0.1, 0.15) is 316 Å². The number of ether oxygens (including phenoxy) is 3. The molecular formula is C69H120O6. The average molecular weight is 1050 g/mol. The van der Waals surface area contributed by atoms with E-state index in [9.17, 15) is 14.4 Å². The van der Waals surface area contributed by atoms with Gasteiger partial charge in [-0.05, 0) is 83.5 Å². The SMILES string of the molecule is CC/C=C\C/C=C\C/C=C\C/C=C\C/C=C\C/C=C\CCC(=O)OC(COC(=O)CCCCCCCCCCCCC/C=C\CCCCCCCCCC)COC(=O)CCCCCCCCCCCCCCCCC. The summed E-state index contributed by atoms with van der Waals surface area (Å²) in [5.41, 5.74) is 0. The van der Waals surface area contributed by atoms with Crippen molar-refractivity contribution in [2.75, 3.05) is 13.2 Å². The lowest BCUT2D eigenvalue weighted by Gasteiger charge is -2.18. The smallest absolute Gasteiger partial charge is 0.306 e. The summed E-state index contributed by atoms with van der Waals surface area (Å²) in [4.78, 5) is 38.3. The number of carbonyl (C=O) groups is 3. The number of rotatable bonds is 58. The molecule has 0 aliphatic carbocycles. The van der Waals surface area contributed by atoms with Crippen molar-refractivity contribution in [2.45, 2.75) is 322 Å². The average Bonchev–Trinajstić information content (AvgIpc) is 3.41. The minimum Gasteiger partial charge on any atom is -0.462 e. The van der Waals surface area contributed by atoms with Crippen LogP contribution >= 0.6 is 0 Å². The van der Waals surface area contributed by atoms with Gasteiger partial charge in [0.1, 0.15) is 13.2 Å². The van der Waals surface area contributed by atoms with Gasteiger partial charge < -0.3 is 14.2 Å². The Balaban J connectivity index is 4.42. The van der Waals surface area contributed by atoms with Crippen LogP contribution in [0.25, 0.3) is 0 Å². The zero-order valence-electron chi connectivity index (χ0n) is 49.6. The fourth-order valence-corrected chi connectivity index (χ4v) is 9.11. The normalized spacial score (nSPS) is 12.6. The molecule has 0 rings (SSSR count). The molecule has 6 nitrogen and oxygen atoms in total. The van der Waals surface area contributed by atoms with Crippen molar-refractivity contribution in [3.05, 3.63) is 85.1 Å². The van der Waals surface area contributed by atoms with Crippen LogP contribution in [-0.4, -0.2) is 37.2 Å². The van der Waals surface area contributed by atoms with Crippen LogP contribution in [0.2, 0.25) is 0 Å². The Morgan fingerprint density at radius 1 is 0.280 bits per heavy atom. The Hall–Kier alpha value is -3.41. The molecule has 0 fully saturated rings. The van der Waals surface area contributed by atoms with E-state index in [0.717, 1.165) is 77.0 Å².